The van der Waals surface area contributed by atoms with Crippen molar-refractivity contribution in [1.29, 1.82) is 0 Å². The number of hydrogen-bond acceptors (Lipinski definition) is 2. The predicted molar refractivity (Wildman–Crippen MR) is 63.9 cm³/mol. The number of hydrogen-bond donors (Lipinski definition) is 0. The third kappa shape index (κ3) is 4.61. The Labute approximate surface area is 93.3 Å². The number of piperidine rings is 1. The van der Waals surface area contributed by atoms with E-state index in [9.17, 15) is 4.79 Å². The summed E-state index contributed by atoms with van der Waals surface area (Å²) in [6.07, 6.45) is 8.72. The second-order valence-electron chi connectivity index (χ2n) is 4.48. The van der Waals surface area contributed by atoms with Gasteiger partial charge in [-0.2, -0.15) is 0 Å². The van der Waals surface area contributed by atoms with Crippen LogP contribution in [0.3, 0.4) is 0 Å². The zero-order valence-corrected chi connectivity index (χ0v) is 10.0. The first-order valence-electron chi connectivity index (χ1n) is 6.16. The fourth-order valence-electron chi connectivity index (χ4n) is 1.83. The highest BCUT2D eigenvalue weighted by Crippen LogP contribution is 2.08. The maximum atomic E-state index is 11.5. The molecule has 0 aliphatic carbocycles. The molecule has 2 nitrogen and oxygen atoms in total. The highest BCUT2D eigenvalue weighted by molar-refractivity contribution is 5.91. The second-order valence-corrected chi connectivity index (χ2v) is 4.48. The van der Waals surface area contributed by atoms with Crippen molar-refractivity contribution in [2.75, 3.05) is 19.6 Å². The predicted octanol–water partition coefficient (Wildman–Crippen LogP) is 2.64. The van der Waals surface area contributed by atoms with Gasteiger partial charge in [0.25, 0.3) is 0 Å². The number of ketones is 1. The molecular weight excluding hydrogens is 186 g/mol. The highest BCUT2D eigenvalue weighted by atomic mass is 16.1. The van der Waals surface area contributed by atoms with Crippen LogP contribution in [-0.2, 0) is 4.79 Å². The van der Waals surface area contributed by atoms with Crippen molar-refractivity contribution in [3.63, 3.8) is 0 Å². The molecule has 0 aromatic carbocycles. The van der Waals surface area contributed by atoms with Crippen molar-refractivity contribution in [2.45, 2.75) is 39.5 Å². The van der Waals surface area contributed by atoms with Crippen molar-refractivity contribution in [3.05, 3.63) is 12.2 Å². The van der Waals surface area contributed by atoms with Crippen LogP contribution in [0.2, 0.25) is 0 Å². The summed E-state index contributed by atoms with van der Waals surface area (Å²) in [6, 6.07) is 0. The molecule has 0 aromatic heterocycles. The monoisotopic (exact) mass is 209 g/mol. The second kappa shape index (κ2) is 6.78. The van der Waals surface area contributed by atoms with Crippen LogP contribution in [0.4, 0.5) is 0 Å². The maximum Gasteiger partial charge on any atom is 0.158 e. The lowest BCUT2D eigenvalue weighted by molar-refractivity contribution is -0.117. The van der Waals surface area contributed by atoms with E-state index in [1.165, 1.54) is 32.4 Å². The molecule has 1 rings (SSSR count). The van der Waals surface area contributed by atoms with Gasteiger partial charge < -0.3 is 0 Å². The normalized spacial score (nSPS) is 20.7. The minimum Gasteiger partial charge on any atom is -0.300 e. The molecule has 1 unspecified atom stereocenters. The summed E-state index contributed by atoms with van der Waals surface area (Å²) in [5.74, 6) is 0.456. The van der Waals surface area contributed by atoms with Gasteiger partial charge in [0, 0.05) is 12.5 Å². The van der Waals surface area contributed by atoms with E-state index in [1.807, 2.05) is 13.0 Å². The Morgan fingerprint density at radius 3 is 2.60 bits per heavy atom. The van der Waals surface area contributed by atoms with Crippen molar-refractivity contribution < 1.29 is 4.79 Å². The number of likely N-dealkylation sites (tertiary alicyclic amines) is 1. The smallest absolute Gasteiger partial charge is 0.158 e. The van der Waals surface area contributed by atoms with Gasteiger partial charge in [-0.05, 0) is 38.4 Å². The average molecular weight is 209 g/mol. The molecule has 0 amide bonds. The van der Waals surface area contributed by atoms with Gasteiger partial charge in [-0.25, -0.2) is 0 Å². The van der Waals surface area contributed by atoms with E-state index in [0.29, 0.717) is 0 Å². The van der Waals surface area contributed by atoms with Crippen LogP contribution < -0.4 is 0 Å². The fraction of sp³-hybridized carbons (Fsp3) is 0.769. The molecule has 15 heavy (non-hydrogen) atoms. The number of allylic oxidation sites excluding steroid dienone is 1. The van der Waals surface area contributed by atoms with Gasteiger partial charge >= 0.3 is 0 Å². The highest BCUT2D eigenvalue weighted by Gasteiger charge is 2.09. The lowest BCUT2D eigenvalue weighted by atomic mass is 10.0. The van der Waals surface area contributed by atoms with Crippen LogP contribution in [0.25, 0.3) is 0 Å². The van der Waals surface area contributed by atoms with Gasteiger partial charge in [0.1, 0.15) is 0 Å². The van der Waals surface area contributed by atoms with Crippen LogP contribution >= 0.6 is 0 Å². The molecule has 0 saturated carbocycles. The molecular formula is C13H23NO. The molecule has 1 atom stereocenters. The third-order valence-corrected chi connectivity index (χ3v) is 3.19. The fourth-order valence-corrected chi connectivity index (χ4v) is 1.83. The van der Waals surface area contributed by atoms with Crippen LogP contribution in [0.15, 0.2) is 12.2 Å². The largest absolute Gasteiger partial charge is 0.300 e. The quantitative estimate of drug-likeness (QED) is 0.649. The lowest BCUT2D eigenvalue weighted by Gasteiger charge is -2.24. The first kappa shape index (κ1) is 12.4. The van der Waals surface area contributed by atoms with Gasteiger partial charge in [0.05, 0.1) is 0 Å². The Balaban J connectivity index is 2.22. The van der Waals surface area contributed by atoms with E-state index < -0.39 is 0 Å². The minimum atomic E-state index is 0.183. The molecule has 1 heterocycles. The Bertz CT molecular complexity index is 217. The summed E-state index contributed by atoms with van der Waals surface area (Å²) in [5.41, 5.74) is 0. The van der Waals surface area contributed by atoms with E-state index >= 15 is 0 Å². The van der Waals surface area contributed by atoms with Crippen LogP contribution in [0.5, 0.6) is 0 Å². The molecule has 1 fully saturated rings. The van der Waals surface area contributed by atoms with Crippen molar-refractivity contribution in [3.8, 4) is 0 Å². The van der Waals surface area contributed by atoms with Gasteiger partial charge in [-0.3, -0.25) is 9.69 Å². The molecule has 0 radical (unpaired) electrons. The third-order valence-electron chi connectivity index (χ3n) is 3.19. The lowest BCUT2D eigenvalue weighted by Crippen LogP contribution is -2.29. The summed E-state index contributed by atoms with van der Waals surface area (Å²) < 4.78 is 0. The van der Waals surface area contributed by atoms with Crippen LogP contribution in [-0.4, -0.2) is 30.3 Å². The van der Waals surface area contributed by atoms with Crippen molar-refractivity contribution in [1.82, 2.24) is 4.90 Å². The summed E-state index contributed by atoms with van der Waals surface area (Å²) in [4.78, 5) is 13.9. The molecule has 1 aliphatic heterocycles. The van der Waals surface area contributed by atoms with Crippen LogP contribution in [0, 0.1) is 5.92 Å². The Hall–Kier alpha value is -0.630. The van der Waals surface area contributed by atoms with Crippen molar-refractivity contribution in [2.24, 2.45) is 5.92 Å². The molecule has 0 spiro atoms. The van der Waals surface area contributed by atoms with Gasteiger partial charge in [-0.15, -0.1) is 0 Å². The first-order chi connectivity index (χ1) is 7.24. The van der Waals surface area contributed by atoms with E-state index in [0.717, 1.165) is 13.0 Å². The minimum absolute atomic E-state index is 0.183. The molecule has 0 bridgehead atoms. The standard InChI is InChI=1S/C13H23NO/c1-3-12(2)13(15)8-7-11-14-9-5-4-6-10-14/h7-8,12H,3-6,9-11H2,1-2H3/b8-7+. The number of carbonyl (C=O) groups excluding carboxylic acids is 1. The summed E-state index contributed by atoms with van der Waals surface area (Å²) in [7, 11) is 0. The summed E-state index contributed by atoms with van der Waals surface area (Å²) in [6.45, 7) is 7.39. The molecule has 86 valence electrons. The molecule has 1 aliphatic rings. The number of nitrogens with zero attached hydrogens (tertiary/aromatic N) is 1. The molecule has 2 heteroatoms. The van der Waals surface area contributed by atoms with E-state index in [-0.39, 0.29) is 11.7 Å². The molecule has 0 aromatic rings. The molecule has 0 N–H and O–H groups in total. The van der Waals surface area contributed by atoms with E-state index in [2.05, 4.69) is 11.8 Å². The zero-order chi connectivity index (χ0) is 11.1. The number of rotatable bonds is 5. The summed E-state index contributed by atoms with van der Waals surface area (Å²) in [5, 5.41) is 0. The Morgan fingerprint density at radius 2 is 2.00 bits per heavy atom. The van der Waals surface area contributed by atoms with Gasteiger partial charge in [0.2, 0.25) is 0 Å². The van der Waals surface area contributed by atoms with E-state index in [1.54, 1.807) is 6.08 Å². The Morgan fingerprint density at radius 1 is 1.33 bits per heavy atom. The SMILES string of the molecule is CCC(C)C(=O)/C=C/CN1CCCCC1. The first-order valence-corrected chi connectivity index (χ1v) is 6.16. The van der Waals surface area contributed by atoms with Gasteiger partial charge in [-0.1, -0.05) is 26.3 Å². The molecule has 1 saturated heterocycles. The van der Waals surface area contributed by atoms with Gasteiger partial charge in [0.15, 0.2) is 5.78 Å². The maximum absolute atomic E-state index is 11.5. The van der Waals surface area contributed by atoms with Crippen LogP contribution in [0.1, 0.15) is 39.5 Å². The number of carbonyl (C=O) groups is 1. The van der Waals surface area contributed by atoms with Crippen molar-refractivity contribution >= 4 is 5.78 Å². The summed E-state index contributed by atoms with van der Waals surface area (Å²) >= 11 is 0. The Kier molecular flexibility index (Phi) is 5.62. The van der Waals surface area contributed by atoms with E-state index in [4.69, 9.17) is 0 Å². The average Bonchev–Trinajstić information content (AvgIpc) is 2.29. The topological polar surface area (TPSA) is 20.3 Å². The zero-order valence-electron chi connectivity index (χ0n) is 10.0.